The summed E-state index contributed by atoms with van der Waals surface area (Å²) in [7, 11) is 0. The Morgan fingerprint density at radius 3 is 3.00 bits per heavy atom. The van der Waals surface area contributed by atoms with Crippen LogP contribution in [0.5, 0.6) is 0 Å². The molecule has 16 heavy (non-hydrogen) atoms. The zero-order valence-corrected chi connectivity index (χ0v) is 8.97. The van der Waals surface area contributed by atoms with Crippen molar-refractivity contribution in [2.75, 3.05) is 11.4 Å². The molecule has 1 fully saturated rings. The van der Waals surface area contributed by atoms with Crippen LogP contribution in [-0.2, 0) is 4.79 Å². The molecule has 82 valence electrons. The van der Waals surface area contributed by atoms with E-state index in [1.54, 1.807) is 12.3 Å². The van der Waals surface area contributed by atoms with Crippen LogP contribution in [0.25, 0.3) is 0 Å². The van der Waals surface area contributed by atoms with Crippen molar-refractivity contribution in [2.45, 2.75) is 25.3 Å². The average molecular weight is 215 g/mol. The van der Waals surface area contributed by atoms with Crippen LogP contribution in [0, 0.1) is 11.3 Å². The fourth-order valence-electron chi connectivity index (χ4n) is 2.04. The minimum Gasteiger partial charge on any atom is -0.361 e. The van der Waals surface area contributed by atoms with Gasteiger partial charge in [0.1, 0.15) is 18.0 Å². The van der Waals surface area contributed by atoms with Gasteiger partial charge in [0.2, 0.25) is 0 Å². The van der Waals surface area contributed by atoms with E-state index in [2.05, 4.69) is 9.88 Å². The molecule has 0 N–H and O–H groups in total. The quantitative estimate of drug-likeness (QED) is 0.702. The third kappa shape index (κ3) is 2.03. The third-order valence-corrected chi connectivity index (χ3v) is 2.90. The maximum atomic E-state index is 11.0. The lowest BCUT2D eigenvalue weighted by Crippen LogP contribution is -2.40. The largest absolute Gasteiger partial charge is 0.361 e. The Bertz CT molecular complexity index is 407. The van der Waals surface area contributed by atoms with E-state index in [0.29, 0.717) is 5.69 Å². The Hall–Kier alpha value is -1.89. The van der Waals surface area contributed by atoms with Gasteiger partial charge in [0.25, 0.3) is 0 Å². The molecule has 0 bridgehead atoms. The first kappa shape index (κ1) is 10.6. The molecule has 0 saturated carbocycles. The van der Waals surface area contributed by atoms with Crippen LogP contribution >= 0.6 is 0 Å². The molecule has 2 heterocycles. The number of nitriles is 1. The number of hydrogen-bond acceptors (Lipinski definition) is 4. The molecule has 1 aromatic rings. The highest BCUT2D eigenvalue weighted by molar-refractivity contribution is 5.66. The summed E-state index contributed by atoms with van der Waals surface area (Å²) in [6.07, 6.45) is 5.77. The SMILES string of the molecule is N#Cc1ccc(N2CCCCC2C=O)cn1. The van der Waals surface area contributed by atoms with Gasteiger partial charge in [-0.3, -0.25) is 0 Å². The molecule has 1 unspecified atom stereocenters. The van der Waals surface area contributed by atoms with Crippen LogP contribution in [0.15, 0.2) is 18.3 Å². The normalized spacial score (nSPS) is 20.2. The molecular weight excluding hydrogens is 202 g/mol. The predicted octanol–water partition coefficient (Wildman–Crippen LogP) is 1.51. The average Bonchev–Trinajstić information content (AvgIpc) is 2.39. The molecule has 0 spiro atoms. The molecule has 0 radical (unpaired) electrons. The zero-order chi connectivity index (χ0) is 11.4. The molecule has 4 nitrogen and oxygen atoms in total. The number of aldehydes is 1. The number of rotatable bonds is 2. The second kappa shape index (κ2) is 4.75. The van der Waals surface area contributed by atoms with E-state index in [-0.39, 0.29) is 6.04 Å². The highest BCUT2D eigenvalue weighted by atomic mass is 16.1. The fraction of sp³-hybridized carbons (Fsp3) is 0.417. The number of carbonyl (C=O) groups excluding carboxylic acids is 1. The van der Waals surface area contributed by atoms with Crippen LogP contribution < -0.4 is 4.90 Å². The van der Waals surface area contributed by atoms with Gasteiger partial charge in [0.15, 0.2) is 0 Å². The van der Waals surface area contributed by atoms with Crippen LogP contribution in [0.1, 0.15) is 25.0 Å². The molecule has 2 rings (SSSR count). The summed E-state index contributed by atoms with van der Waals surface area (Å²) in [5.74, 6) is 0. The number of anilines is 1. The highest BCUT2D eigenvalue weighted by Gasteiger charge is 2.21. The monoisotopic (exact) mass is 215 g/mol. The number of piperidine rings is 1. The standard InChI is InChI=1S/C12H13N3O/c13-7-10-4-5-11(8-14-10)15-6-2-1-3-12(15)9-16/h4-5,8-9,12H,1-3,6H2. The number of pyridine rings is 1. The van der Waals surface area contributed by atoms with Crippen molar-refractivity contribution in [2.24, 2.45) is 0 Å². The topological polar surface area (TPSA) is 57.0 Å². The summed E-state index contributed by atoms with van der Waals surface area (Å²) in [4.78, 5) is 17.0. The van der Waals surface area contributed by atoms with E-state index < -0.39 is 0 Å². The second-order valence-corrected chi connectivity index (χ2v) is 3.91. The summed E-state index contributed by atoms with van der Waals surface area (Å²) in [5, 5.41) is 8.65. The van der Waals surface area contributed by atoms with E-state index in [9.17, 15) is 4.79 Å². The molecule has 1 aliphatic heterocycles. The molecule has 0 aliphatic carbocycles. The maximum absolute atomic E-state index is 11.0. The van der Waals surface area contributed by atoms with Crippen molar-refractivity contribution >= 4 is 12.0 Å². The van der Waals surface area contributed by atoms with Gasteiger partial charge >= 0.3 is 0 Å². The summed E-state index contributed by atoms with van der Waals surface area (Å²) in [6.45, 7) is 0.886. The zero-order valence-electron chi connectivity index (χ0n) is 8.97. The number of aromatic nitrogens is 1. The number of carbonyl (C=O) groups is 1. The lowest BCUT2D eigenvalue weighted by molar-refractivity contribution is -0.109. The lowest BCUT2D eigenvalue weighted by Gasteiger charge is -2.33. The molecule has 1 saturated heterocycles. The van der Waals surface area contributed by atoms with Crippen molar-refractivity contribution in [3.8, 4) is 6.07 Å². The molecule has 1 atom stereocenters. The van der Waals surface area contributed by atoms with Gasteiger partial charge in [-0.15, -0.1) is 0 Å². The van der Waals surface area contributed by atoms with E-state index >= 15 is 0 Å². The van der Waals surface area contributed by atoms with Crippen LogP contribution in [-0.4, -0.2) is 23.9 Å². The fourth-order valence-corrected chi connectivity index (χ4v) is 2.04. The Morgan fingerprint density at radius 2 is 2.38 bits per heavy atom. The van der Waals surface area contributed by atoms with E-state index in [4.69, 9.17) is 5.26 Å². The Morgan fingerprint density at radius 1 is 1.50 bits per heavy atom. The molecule has 1 aliphatic rings. The summed E-state index contributed by atoms with van der Waals surface area (Å²) < 4.78 is 0. The molecule has 0 amide bonds. The van der Waals surface area contributed by atoms with E-state index in [1.165, 1.54) is 0 Å². The smallest absolute Gasteiger partial charge is 0.142 e. The Kier molecular flexibility index (Phi) is 3.16. The van der Waals surface area contributed by atoms with Gasteiger partial charge in [0.05, 0.1) is 17.9 Å². The van der Waals surface area contributed by atoms with Crippen molar-refractivity contribution < 1.29 is 4.79 Å². The van der Waals surface area contributed by atoms with Crippen LogP contribution in [0.3, 0.4) is 0 Å². The lowest BCUT2D eigenvalue weighted by atomic mass is 10.0. The van der Waals surface area contributed by atoms with Crippen LogP contribution in [0.4, 0.5) is 5.69 Å². The third-order valence-electron chi connectivity index (χ3n) is 2.90. The molecular formula is C12H13N3O. The second-order valence-electron chi connectivity index (χ2n) is 3.91. The number of hydrogen-bond donors (Lipinski definition) is 0. The van der Waals surface area contributed by atoms with Gasteiger partial charge < -0.3 is 9.69 Å². The molecule has 1 aromatic heterocycles. The highest BCUT2D eigenvalue weighted by Crippen LogP contribution is 2.23. The molecule has 0 aromatic carbocycles. The van der Waals surface area contributed by atoms with Gasteiger partial charge in [-0.05, 0) is 31.4 Å². The first-order valence-corrected chi connectivity index (χ1v) is 5.43. The Labute approximate surface area is 94.5 Å². The summed E-state index contributed by atoms with van der Waals surface area (Å²) in [5.41, 5.74) is 1.33. The summed E-state index contributed by atoms with van der Waals surface area (Å²) >= 11 is 0. The van der Waals surface area contributed by atoms with Gasteiger partial charge in [-0.1, -0.05) is 0 Å². The predicted molar refractivity (Wildman–Crippen MR) is 60.0 cm³/mol. The number of nitrogens with zero attached hydrogens (tertiary/aromatic N) is 3. The van der Waals surface area contributed by atoms with E-state index in [0.717, 1.165) is 37.8 Å². The van der Waals surface area contributed by atoms with Crippen molar-refractivity contribution in [3.63, 3.8) is 0 Å². The van der Waals surface area contributed by atoms with Crippen molar-refractivity contribution in [1.29, 1.82) is 5.26 Å². The van der Waals surface area contributed by atoms with Gasteiger partial charge in [0, 0.05) is 6.54 Å². The maximum Gasteiger partial charge on any atom is 0.142 e. The minimum absolute atomic E-state index is 0.0384. The van der Waals surface area contributed by atoms with Crippen molar-refractivity contribution in [1.82, 2.24) is 4.98 Å². The molecule has 4 heteroatoms. The summed E-state index contributed by atoms with van der Waals surface area (Å²) in [6, 6.07) is 5.49. The van der Waals surface area contributed by atoms with Crippen molar-refractivity contribution in [3.05, 3.63) is 24.0 Å². The van der Waals surface area contributed by atoms with Gasteiger partial charge in [-0.25, -0.2) is 4.98 Å². The first-order valence-electron chi connectivity index (χ1n) is 5.43. The minimum atomic E-state index is -0.0384. The first-order chi connectivity index (χ1) is 7.85. The Balaban J connectivity index is 2.21. The van der Waals surface area contributed by atoms with Crippen LogP contribution in [0.2, 0.25) is 0 Å². The van der Waals surface area contributed by atoms with Gasteiger partial charge in [-0.2, -0.15) is 5.26 Å². The van der Waals surface area contributed by atoms with E-state index in [1.807, 2.05) is 12.1 Å².